The van der Waals surface area contributed by atoms with Gasteiger partial charge in [-0.25, -0.2) is 4.39 Å². The predicted molar refractivity (Wildman–Crippen MR) is 68.5 cm³/mol. The fourth-order valence-electron chi connectivity index (χ4n) is 2.06. The number of carbonyl (C=O) groups is 1. The van der Waals surface area contributed by atoms with Crippen LogP contribution in [0.5, 0.6) is 5.75 Å². The van der Waals surface area contributed by atoms with Crippen molar-refractivity contribution in [1.82, 2.24) is 0 Å². The molecule has 1 aromatic rings. The van der Waals surface area contributed by atoms with Gasteiger partial charge in [-0.05, 0) is 41.7 Å². The molecule has 0 atom stereocenters. The molecule has 0 bridgehead atoms. The zero-order valence-corrected chi connectivity index (χ0v) is 10.5. The number of aryl methyl sites for hydroxylation is 1. The van der Waals surface area contributed by atoms with Gasteiger partial charge in [-0.15, -0.1) is 0 Å². The molecule has 0 radical (unpaired) electrons. The molecule has 0 amide bonds. The van der Waals surface area contributed by atoms with E-state index in [2.05, 4.69) is 0 Å². The molecule has 96 valence electrons. The zero-order valence-electron chi connectivity index (χ0n) is 10.5. The number of ether oxygens (including phenoxy) is 1. The lowest BCUT2D eigenvalue weighted by molar-refractivity contribution is -0.118. The number of rotatable bonds is 4. The van der Waals surface area contributed by atoms with Crippen LogP contribution >= 0.6 is 0 Å². The quantitative estimate of drug-likeness (QED) is 0.816. The Kier molecular flexibility index (Phi) is 4.13. The highest BCUT2D eigenvalue weighted by molar-refractivity contribution is 5.83. The van der Waals surface area contributed by atoms with Gasteiger partial charge < -0.3 is 4.74 Å². The van der Waals surface area contributed by atoms with Gasteiger partial charge in [-0.2, -0.15) is 0 Å². The van der Waals surface area contributed by atoms with Crippen LogP contribution in [-0.2, 0) is 17.6 Å². The number of hydrogen-bond acceptors (Lipinski definition) is 2. The third-order valence-electron chi connectivity index (χ3n) is 3.27. The minimum Gasteiger partial charge on any atom is -0.489 e. The Balaban J connectivity index is 2.07. The van der Waals surface area contributed by atoms with E-state index in [-0.39, 0.29) is 12.4 Å². The number of benzene rings is 1. The minimum atomic E-state index is 0.264. The van der Waals surface area contributed by atoms with E-state index in [9.17, 15) is 9.18 Å². The fraction of sp³-hybridized carbons (Fsp3) is 0.400. The summed E-state index contributed by atoms with van der Waals surface area (Å²) in [7, 11) is 0. The number of fused-ring (bicyclic) bond motifs is 1. The summed E-state index contributed by atoms with van der Waals surface area (Å²) < 4.78 is 17.9. The number of Topliss-reactive ketones (excluding diaryl/α,β-unsaturated/α-hetero) is 1. The standard InChI is InChI=1S/C15H17FO2/c1-2-11(9-16)10-18-15-6-4-12-3-5-14(17)7-13(12)8-15/h4,6,8-9H,2-3,5,7,10H2,1H3/b11-9+. The van der Waals surface area contributed by atoms with Crippen LogP contribution in [0.1, 0.15) is 30.9 Å². The van der Waals surface area contributed by atoms with Crippen LogP contribution in [0.25, 0.3) is 0 Å². The Hall–Kier alpha value is -1.64. The second kappa shape index (κ2) is 5.80. The smallest absolute Gasteiger partial charge is 0.137 e. The third kappa shape index (κ3) is 2.97. The van der Waals surface area contributed by atoms with E-state index in [4.69, 9.17) is 4.74 Å². The van der Waals surface area contributed by atoms with Gasteiger partial charge in [0.2, 0.25) is 0 Å². The summed E-state index contributed by atoms with van der Waals surface area (Å²) in [4.78, 5) is 11.4. The molecular weight excluding hydrogens is 231 g/mol. The van der Waals surface area contributed by atoms with Crippen molar-refractivity contribution in [2.75, 3.05) is 6.61 Å². The van der Waals surface area contributed by atoms with Gasteiger partial charge in [-0.1, -0.05) is 13.0 Å². The molecule has 1 aliphatic carbocycles. The predicted octanol–water partition coefficient (Wildman–Crippen LogP) is 3.39. The molecule has 2 rings (SSSR count). The second-order valence-electron chi connectivity index (χ2n) is 4.56. The van der Waals surface area contributed by atoms with Crippen molar-refractivity contribution in [3.05, 3.63) is 41.2 Å². The molecule has 2 nitrogen and oxygen atoms in total. The van der Waals surface area contributed by atoms with Crippen molar-refractivity contribution in [3.8, 4) is 5.75 Å². The van der Waals surface area contributed by atoms with E-state index in [1.54, 1.807) is 0 Å². The topological polar surface area (TPSA) is 26.3 Å². The van der Waals surface area contributed by atoms with Crippen molar-refractivity contribution in [2.24, 2.45) is 0 Å². The summed E-state index contributed by atoms with van der Waals surface area (Å²) in [6.45, 7) is 2.15. The van der Waals surface area contributed by atoms with Crippen LogP contribution in [0.3, 0.4) is 0 Å². The molecule has 0 saturated carbocycles. The highest BCUT2D eigenvalue weighted by Crippen LogP contribution is 2.24. The number of ketones is 1. The van der Waals surface area contributed by atoms with E-state index in [0.717, 1.165) is 12.0 Å². The van der Waals surface area contributed by atoms with Crippen LogP contribution in [0.15, 0.2) is 30.1 Å². The van der Waals surface area contributed by atoms with Crippen molar-refractivity contribution in [3.63, 3.8) is 0 Å². The van der Waals surface area contributed by atoms with Gasteiger partial charge in [0.15, 0.2) is 0 Å². The fourth-order valence-corrected chi connectivity index (χ4v) is 2.06. The lowest BCUT2D eigenvalue weighted by Gasteiger charge is -2.16. The number of hydrogen-bond donors (Lipinski definition) is 0. The second-order valence-corrected chi connectivity index (χ2v) is 4.56. The van der Waals surface area contributed by atoms with Crippen molar-refractivity contribution in [1.29, 1.82) is 0 Å². The van der Waals surface area contributed by atoms with E-state index in [0.29, 0.717) is 36.9 Å². The summed E-state index contributed by atoms with van der Waals surface area (Å²) in [6, 6.07) is 5.79. The minimum absolute atomic E-state index is 0.264. The normalized spacial score (nSPS) is 15.4. The summed E-state index contributed by atoms with van der Waals surface area (Å²) in [5.41, 5.74) is 2.90. The van der Waals surface area contributed by atoms with Gasteiger partial charge in [0.25, 0.3) is 0 Å². The lowest BCUT2D eigenvalue weighted by Crippen LogP contribution is -2.13. The van der Waals surface area contributed by atoms with Crippen LogP contribution in [0.4, 0.5) is 4.39 Å². The SMILES string of the molecule is CC/C(=C\F)COc1ccc2c(c1)CC(=O)CC2. The summed E-state index contributed by atoms with van der Waals surface area (Å²) in [5.74, 6) is 0.980. The van der Waals surface area contributed by atoms with E-state index < -0.39 is 0 Å². The average Bonchev–Trinajstić information content (AvgIpc) is 2.39. The van der Waals surface area contributed by atoms with E-state index in [1.165, 1.54) is 5.56 Å². The Labute approximate surface area is 106 Å². The van der Waals surface area contributed by atoms with E-state index >= 15 is 0 Å². The first-order valence-electron chi connectivity index (χ1n) is 6.27. The highest BCUT2D eigenvalue weighted by atomic mass is 19.1. The summed E-state index contributed by atoms with van der Waals surface area (Å²) in [6.07, 6.45) is 3.19. The van der Waals surface area contributed by atoms with Gasteiger partial charge in [0.1, 0.15) is 18.1 Å². The van der Waals surface area contributed by atoms with Crippen LogP contribution in [0.2, 0.25) is 0 Å². The molecule has 3 heteroatoms. The summed E-state index contributed by atoms with van der Waals surface area (Å²) in [5, 5.41) is 0. The maximum Gasteiger partial charge on any atom is 0.137 e. The highest BCUT2D eigenvalue weighted by Gasteiger charge is 2.15. The maximum atomic E-state index is 12.4. The average molecular weight is 248 g/mol. The molecule has 1 aliphatic rings. The zero-order chi connectivity index (χ0) is 13.0. The molecule has 0 aromatic heterocycles. The lowest BCUT2D eigenvalue weighted by atomic mass is 9.91. The van der Waals surface area contributed by atoms with Gasteiger partial charge in [0, 0.05) is 12.8 Å². The van der Waals surface area contributed by atoms with Gasteiger partial charge in [-0.3, -0.25) is 4.79 Å². The first kappa shape index (κ1) is 12.8. The molecule has 0 aliphatic heterocycles. The number of carbonyl (C=O) groups excluding carboxylic acids is 1. The monoisotopic (exact) mass is 248 g/mol. The molecule has 18 heavy (non-hydrogen) atoms. The number of halogens is 1. The van der Waals surface area contributed by atoms with Crippen LogP contribution < -0.4 is 4.74 Å². The van der Waals surface area contributed by atoms with Crippen LogP contribution in [0, 0.1) is 0 Å². The maximum absolute atomic E-state index is 12.4. The van der Waals surface area contributed by atoms with Gasteiger partial charge >= 0.3 is 0 Å². The molecule has 0 heterocycles. The first-order valence-corrected chi connectivity index (χ1v) is 6.27. The van der Waals surface area contributed by atoms with Crippen molar-refractivity contribution >= 4 is 5.78 Å². The Morgan fingerprint density at radius 2 is 2.22 bits per heavy atom. The Bertz CT molecular complexity index is 477. The first-order chi connectivity index (χ1) is 8.72. The molecule has 0 saturated heterocycles. The van der Waals surface area contributed by atoms with Crippen molar-refractivity contribution < 1.29 is 13.9 Å². The van der Waals surface area contributed by atoms with Crippen molar-refractivity contribution in [2.45, 2.75) is 32.6 Å². The van der Waals surface area contributed by atoms with Crippen LogP contribution in [-0.4, -0.2) is 12.4 Å². The molecule has 0 fully saturated rings. The molecule has 0 spiro atoms. The Morgan fingerprint density at radius 1 is 1.39 bits per heavy atom. The Morgan fingerprint density at radius 3 is 2.94 bits per heavy atom. The largest absolute Gasteiger partial charge is 0.489 e. The van der Waals surface area contributed by atoms with Gasteiger partial charge in [0.05, 0.1) is 6.33 Å². The molecule has 0 unspecified atom stereocenters. The molecule has 1 aromatic carbocycles. The summed E-state index contributed by atoms with van der Waals surface area (Å²) >= 11 is 0. The molecular formula is C15H17FO2. The third-order valence-corrected chi connectivity index (χ3v) is 3.27. The van der Waals surface area contributed by atoms with E-state index in [1.807, 2.05) is 25.1 Å². The molecule has 0 N–H and O–H groups in total.